The number of ether oxygens (including phenoxy) is 2. The van der Waals surface area contributed by atoms with Crippen LogP contribution >= 0.6 is 0 Å². The lowest BCUT2D eigenvalue weighted by molar-refractivity contribution is -0.232. The Morgan fingerprint density at radius 3 is 2.29 bits per heavy atom. The van der Waals surface area contributed by atoms with Crippen LogP contribution in [0, 0.1) is 50.7 Å². The summed E-state index contributed by atoms with van der Waals surface area (Å²) in [6, 6.07) is 5.39. The third kappa shape index (κ3) is 5.56. The van der Waals surface area contributed by atoms with Crippen LogP contribution in [0.1, 0.15) is 132 Å². The molecule has 7 rings (SSSR count). The minimum absolute atomic E-state index is 0.0196. The van der Waals surface area contributed by atoms with E-state index in [1.807, 2.05) is 17.8 Å². The van der Waals surface area contributed by atoms with Gasteiger partial charge >= 0.3 is 11.9 Å². The van der Waals surface area contributed by atoms with Crippen LogP contribution in [0.2, 0.25) is 0 Å². The van der Waals surface area contributed by atoms with Crippen molar-refractivity contribution in [3.63, 3.8) is 0 Å². The zero-order chi connectivity index (χ0) is 40.3. The molecule has 0 aliphatic heterocycles. The highest BCUT2D eigenvalue weighted by molar-refractivity contribution is 6.01. The number of carboxylic acids is 1. The average molecular weight is 758 g/mol. The molecule has 300 valence electrons. The quantitative estimate of drug-likeness (QED) is 0.267. The Bertz CT molecular complexity index is 2000. The molecular formula is C45H63N3O7. The van der Waals surface area contributed by atoms with Gasteiger partial charge in [-0.2, -0.15) is 0 Å². The highest BCUT2D eigenvalue weighted by Crippen LogP contribution is 2.76. The van der Waals surface area contributed by atoms with Gasteiger partial charge in [-0.3, -0.25) is 23.9 Å². The number of hydrogen-bond acceptors (Lipinski definition) is 7. The van der Waals surface area contributed by atoms with Gasteiger partial charge < -0.3 is 14.6 Å². The third-order valence-corrected chi connectivity index (χ3v) is 16.6. The molecule has 0 saturated heterocycles. The second kappa shape index (κ2) is 12.9. The SMILES string of the molecule is COc1ccc(-n2c(=O)cc([C@@]34CC[C@]5(C)[C@H](CC[C@@H]6[C@@]7(C)CC[C@H](OC(=O)CC(C)(C)C(=O)O)C(C)(C)[C@@H]7CC[C@]65C)C3=C(C(C)C)C(=O)C4)n2C)cn1. The van der Waals surface area contributed by atoms with Gasteiger partial charge in [0.25, 0.3) is 5.56 Å². The molecule has 4 saturated carbocycles. The fourth-order valence-corrected chi connectivity index (χ4v) is 13.7. The number of carbonyl (C=O) groups excluding carboxylic acids is 2. The van der Waals surface area contributed by atoms with E-state index in [2.05, 4.69) is 53.5 Å². The molecule has 5 aliphatic carbocycles. The van der Waals surface area contributed by atoms with E-state index < -0.39 is 22.8 Å². The summed E-state index contributed by atoms with van der Waals surface area (Å²) in [5.41, 5.74) is 1.75. The van der Waals surface area contributed by atoms with Gasteiger partial charge in [0, 0.05) is 36.4 Å². The highest BCUT2D eigenvalue weighted by Gasteiger charge is 2.70. The van der Waals surface area contributed by atoms with Crippen molar-refractivity contribution in [2.24, 2.45) is 57.8 Å². The van der Waals surface area contributed by atoms with E-state index in [4.69, 9.17) is 9.47 Å². The van der Waals surface area contributed by atoms with Crippen LogP contribution in [-0.2, 0) is 31.6 Å². The van der Waals surface area contributed by atoms with Crippen molar-refractivity contribution in [2.75, 3.05) is 7.11 Å². The van der Waals surface area contributed by atoms with Gasteiger partial charge in [-0.05, 0) is 122 Å². The average Bonchev–Trinajstić information content (AvgIpc) is 3.58. The van der Waals surface area contributed by atoms with Crippen LogP contribution in [0.15, 0.2) is 40.3 Å². The molecule has 0 bridgehead atoms. The molecule has 2 heterocycles. The van der Waals surface area contributed by atoms with Gasteiger partial charge in [0.1, 0.15) is 6.10 Å². The van der Waals surface area contributed by atoms with E-state index in [9.17, 15) is 24.3 Å². The number of aliphatic carboxylic acids is 1. The minimum atomic E-state index is -1.18. The molecule has 8 atom stereocenters. The summed E-state index contributed by atoms with van der Waals surface area (Å²) in [6.07, 6.45) is 9.32. The molecule has 0 spiro atoms. The van der Waals surface area contributed by atoms with E-state index in [1.54, 1.807) is 44.0 Å². The monoisotopic (exact) mass is 757 g/mol. The first-order valence-corrected chi connectivity index (χ1v) is 20.6. The van der Waals surface area contributed by atoms with E-state index in [0.29, 0.717) is 29.8 Å². The molecule has 4 fully saturated rings. The van der Waals surface area contributed by atoms with Gasteiger partial charge in [0.2, 0.25) is 5.88 Å². The number of carboxylic acid groups (broad SMARTS) is 1. The first kappa shape index (κ1) is 39.5. The van der Waals surface area contributed by atoms with E-state index in [0.717, 1.165) is 62.6 Å². The predicted octanol–water partition coefficient (Wildman–Crippen LogP) is 8.22. The number of allylic oxidation sites excluding steroid dienone is 2. The Kier molecular flexibility index (Phi) is 9.29. The molecule has 1 N–H and O–H groups in total. The second-order valence-corrected chi connectivity index (χ2v) is 20.2. The molecule has 10 heteroatoms. The molecule has 0 unspecified atom stereocenters. The molecule has 55 heavy (non-hydrogen) atoms. The van der Waals surface area contributed by atoms with Crippen molar-refractivity contribution < 1.29 is 29.0 Å². The number of carbonyl (C=O) groups is 3. The van der Waals surface area contributed by atoms with Gasteiger partial charge in [-0.15, -0.1) is 0 Å². The lowest BCUT2D eigenvalue weighted by atomic mass is 9.33. The van der Waals surface area contributed by atoms with Crippen molar-refractivity contribution in [2.45, 2.75) is 138 Å². The summed E-state index contributed by atoms with van der Waals surface area (Å²) < 4.78 is 15.1. The van der Waals surface area contributed by atoms with Crippen molar-refractivity contribution in [1.82, 2.24) is 14.3 Å². The molecule has 5 aliphatic rings. The number of ketones is 1. The fraction of sp³-hybridized carbons (Fsp3) is 0.711. The lowest BCUT2D eigenvalue weighted by Gasteiger charge is -2.72. The summed E-state index contributed by atoms with van der Waals surface area (Å²) in [6.45, 7) is 19.6. The molecule has 0 aromatic carbocycles. The van der Waals surface area contributed by atoms with E-state index in [1.165, 1.54) is 5.57 Å². The Balaban J connectivity index is 1.23. The van der Waals surface area contributed by atoms with Crippen LogP contribution in [0.3, 0.4) is 0 Å². The number of pyridine rings is 1. The Morgan fingerprint density at radius 1 is 0.964 bits per heavy atom. The van der Waals surface area contributed by atoms with Crippen LogP contribution in [0.5, 0.6) is 5.88 Å². The van der Waals surface area contributed by atoms with Crippen molar-refractivity contribution in [3.8, 4) is 11.6 Å². The van der Waals surface area contributed by atoms with Gasteiger partial charge in [-0.1, -0.05) is 48.5 Å². The topological polar surface area (TPSA) is 130 Å². The molecule has 10 nitrogen and oxygen atoms in total. The zero-order valence-electron chi connectivity index (χ0n) is 35.0. The maximum Gasteiger partial charge on any atom is 0.309 e. The zero-order valence-corrected chi connectivity index (χ0v) is 35.0. The van der Waals surface area contributed by atoms with Crippen LogP contribution < -0.4 is 10.3 Å². The van der Waals surface area contributed by atoms with Crippen molar-refractivity contribution in [1.29, 1.82) is 0 Å². The van der Waals surface area contributed by atoms with Crippen LogP contribution in [0.4, 0.5) is 0 Å². The smallest absolute Gasteiger partial charge is 0.309 e. The summed E-state index contributed by atoms with van der Waals surface area (Å²) in [5, 5.41) is 9.64. The molecule has 0 amide bonds. The Hall–Kier alpha value is -3.69. The summed E-state index contributed by atoms with van der Waals surface area (Å²) >= 11 is 0. The lowest BCUT2D eigenvalue weighted by Crippen LogP contribution is -2.66. The largest absolute Gasteiger partial charge is 0.481 e. The fourth-order valence-electron chi connectivity index (χ4n) is 13.7. The summed E-state index contributed by atoms with van der Waals surface area (Å²) in [7, 11) is 3.52. The van der Waals surface area contributed by atoms with Gasteiger partial charge in [-0.25, -0.2) is 9.67 Å². The Labute approximate surface area is 326 Å². The molecule has 2 aromatic rings. The number of rotatable bonds is 8. The third-order valence-electron chi connectivity index (χ3n) is 16.6. The standard InChI is InChI=1S/C45H63N3O7/c1-26(2)37-29(49)23-45(32-22-35(50)48(47(32)10)27-12-15-34(54-11)46-25-27)21-20-43(8)28(38(37)45)13-14-31-42(7)18-17-33(55-36(51)24-40(3,4)39(52)53)41(5,6)30(42)16-19-44(31,43)9/h12,15,22,25-26,28,30-31,33H,13-14,16-21,23-24H2,1-11H3,(H,52,53)/t28-,30+,31-,33+,42+,43-,44-,45+/m1/s1. The van der Waals surface area contributed by atoms with Gasteiger partial charge in [0.05, 0.1) is 36.5 Å². The molecular weight excluding hydrogens is 695 g/mol. The number of fused-ring (bicyclic) bond motifs is 7. The first-order valence-electron chi connectivity index (χ1n) is 20.6. The number of methoxy groups -OCH3 is 1. The normalized spacial score (nSPS) is 35.5. The van der Waals surface area contributed by atoms with E-state index >= 15 is 0 Å². The van der Waals surface area contributed by atoms with Crippen molar-refractivity contribution in [3.05, 3.63) is 51.6 Å². The molecule has 0 radical (unpaired) electrons. The number of hydrogen-bond donors (Lipinski definition) is 1. The molecule has 2 aromatic heterocycles. The number of Topliss-reactive ketones (excluding diaryl/α,β-unsaturated/α-hetero) is 1. The van der Waals surface area contributed by atoms with Crippen molar-refractivity contribution >= 4 is 17.7 Å². The maximum absolute atomic E-state index is 14.3. The Morgan fingerprint density at radius 2 is 1.67 bits per heavy atom. The number of esters is 1. The number of nitrogens with zero attached hydrogens (tertiary/aromatic N) is 3. The second-order valence-electron chi connectivity index (χ2n) is 20.2. The number of aromatic nitrogens is 3. The minimum Gasteiger partial charge on any atom is -0.481 e. The first-order chi connectivity index (χ1) is 25.6. The van der Waals surface area contributed by atoms with Crippen LogP contribution in [-0.4, -0.2) is 50.4 Å². The van der Waals surface area contributed by atoms with E-state index in [-0.39, 0.29) is 57.4 Å². The predicted molar refractivity (Wildman–Crippen MR) is 210 cm³/mol. The highest BCUT2D eigenvalue weighted by atomic mass is 16.5. The maximum atomic E-state index is 14.3. The summed E-state index contributed by atoms with van der Waals surface area (Å²) in [5.74, 6) is 0.386. The van der Waals surface area contributed by atoms with Crippen LogP contribution in [0.25, 0.3) is 5.69 Å². The summed E-state index contributed by atoms with van der Waals surface area (Å²) in [4.78, 5) is 57.5. The van der Waals surface area contributed by atoms with Gasteiger partial charge in [0.15, 0.2) is 5.78 Å².